The van der Waals surface area contributed by atoms with Crippen LogP contribution in [0, 0.1) is 0 Å². The Morgan fingerprint density at radius 1 is 1.25 bits per heavy atom. The van der Waals surface area contributed by atoms with E-state index in [1.807, 2.05) is 18.7 Å². The highest BCUT2D eigenvalue weighted by atomic mass is 19.4. The number of hydrogen-bond acceptors (Lipinski definition) is 5. The van der Waals surface area contributed by atoms with Gasteiger partial charge in [-0.3, -0.25) is 14.5 Å². The number of amides is 2. The summed E-state index contributed by atoms with van der Waals surface area (Å²) in [5.41, 5.74) is 0.829. The fourth-order valence-corrected chi connectivity index (χ4v) is 4.49. The van der Waals surface area contributed by atoms with Gasteiger partial charge in [-0.1, -0.05) is 12.1 Å². The van der Waals surface area contributed by atoms with Crippen LogP contribution in [0.4, 0.5) is 13.2 Å². The normalized spacial score (nSPS) is 23.5. The standard InChI is InChI=1S/C22H31F3N4O3/c1-3-28(4-2)20(30)10-7-17-13-27-21(31)19-11-16(14-29(17)19)26-12-15-5-8-18(9-6-15)32-22(23,24)25/h5-6,8-9,16-17,19,26H,3-4,7,10-14H2,1-2H3,(H,27,31). The molecule has 1 aromatic carbocycles. The van der Waals surface area contributed by atoms with E-state index in [0.717, 1.165) is 5.56 Å². The minimum absolute atomic E-state index is 0.00859. The molecule has 7 nitrogen and oxygen atoms in total. The topological polar surface area (TPSA) is 73.9 Å². The summed E-state index contributed by atoms with van der Waals surface area (Å²) in [4.78, 5) is 28.7. The zero-order chi connectivity index (χ0) is 23.3. The first-order chi connectivity index (χ1) is 15.2. The molecule has 2 aliphatic rings. The second kappa shape index (κ2) is 10.5. The monoisotopic (exact) mass is 456 g/mol. The molecule has 32 heavy (non-hydrogen) atoms. The Morgan fingerprint density at radius 3 is 2.56 bits per heavy atom. The molecule has 0 saturated carbocycles. The van der Waals surface area contributed by atoms with E-state index < -0.39 is 6.36 Å². The number of carbonyl (C=O) groups excluding carboxylic acids is 2. The fraction of sp³-hybridized carbons (Fsp3) is 0.636. The van der Waals surface area contributed by atoms with E-state index in [2.05, 4.69) is 20.3 Å². The van der Waals surface area contributed by atoms with Crippen LogP contribution < -0.4 is 15.4 Å². The average Bonchev–Trinajstić information content (AvgIpc) is 3.18. The van der Waals surface area contributed by atoms with Crippen molar-refractivity contribution in [2.75, 3.05) is 26.2 Å². The maximum Gasteiger partial charge on any atom is 0.573 e. The van der Waals surface area contributed by atoms with Gasteiger partial charge in [0.05, 0.1) is 6.04 Å². The smallest absolute Gasteiger partial charge is 0.406 e. The van der Waals surface area contributed by atoms with Crippen molar-refractivity contribution < 1.29 is 27.5 Å². The summed E-state index contributed by atoms with van der Waals surface area (Å²) >= 11 is 0. The van der Waals surface area contributed by atoms with Crippen molar-refractivity contribution in [3.63, 3.8) is 0 Å². The number of fused-ring (bicyclic) bond motifs is 1. The van der Waals surface area contributed by atoms with E-state index in [4.69, 9.17) is 0 Å². The van der Waals surface area contributed by atoms with Crippen molar-refractivity contribution in [3.8, 4) is 5.75 Å². The van der Waals surface area contributed by atoms with Crippen LogP contribution in [0.5, 0.6) is 5.75 Å². The Balaban J connectivity index is 1.52. The van der Waals surface area contributed by atoms with Crippen molar-refractivity contribution in [2.45, 2.75) is 64.1 Å². The van der Waals surface area contributed by atoms with E-state index in [9.17, 15) is 22.8 Å². The quantitative estimate of drug-likeness (QED) is 0.597. The van der Waals surface area contributed by atoms with Crippen molar-refractivity contribution in [1.82, 2.24) is 20.4 Å². The zero-order valence-electron chi connectivity index (χ0n) is 18.5. The molecule has 3 rings (SSSR count). The maximum atomic E-state index is 12.4. The van der Waals surface area contributed by atoms with E-state index in [1.54, 1.807) is 12.1 Å². The molecule has 2 aliphatic heterocycles. The van der Waals surface area contributed by atoms with Gasteiger partial charge >= 0.3 is 6.36 Å². The van der Waals surface area contributed by atoms with Gasteiger partial charge in [-0.2, -0.15) is 0 Å². The lowest BCUT2D eigenvalue weighted by molar-refractivity contribution is -0.274. The van der Waals surface area contributed by atoms with Gasteiger partial charge in [0, 0.05) is 51.2 Å². The average molecular weight is 457 g/mol. The SMILES string of the molecule is CCN(CC)C(=O)CCC1CNC(=O)C2CC(NCc3ccc(OC(F)(F)F)cc3)CN12. The summed E-state index contributed by atoms with van der Waals surface area (Å²) in [7, 11) is 0. The van der Waals surface area contributed by atoms with Crippen LogP contribution in [0.1, 0.15) is 38.7 Å². The first-order valence-electron chi connectivity index (χ1n) is 11.1. The van der Waals surface area contributed by atoms with Crippen molar-refractivity contribution in [3.05, 3.63) is 29.8 Å². The first kappa shape index (κ1) is 24.3. The van der Waals surface area contributed by atoms with Crippen LogP contribution in [0.15, 0.2) is 24.3 Å². The van der Waals surface area contributed by atoms with Crippen LogP contribution in [0.3, 0.4) is 0 Å². The van der Waals surface area contributed by atoms with E-state index in [-0.39, 0.29) is 35.7 Å². The van der Waals surface area contributed by atoms with Crippen LogP contribution in [0.2, 0.25) is 0 Å². The second-order valence-corrected chi connectivity index (χ2v) is 8.22. The largest absolute Gasteiger partial charge is 0.573 e. The number of hydrogen-bond donors (Lipinski definition) is 2. The van der Waals surface area contributed by atoms with Crippen molar-refractivity contribution in [1.29, 1.82) is 0 Å². The Morgan fingerprint density at radius 2 is 1.94 bits per heavy atom. The highest BCUT2D eigenvalue weighted by Crippen LogP contribution is 2.27. The molecule has 0 spiro atoms. The molecule has 2 heterocycles. The summed E-state index contributed by atoms with van der Waals surface area (Å²) in [6, 6.07) is 5.73. The number of benzene rings is 1. The summed E-state index contributed by atoms with van der Waals surface area (Å²) in [5, 5.41) is 6.37. The number of ether oxygens (including phenoxy) is 1. The van der Waals surface area contributed by atoms with Gasteiger partial charge in [0.1, 0.15) is 5.75 Å². The Bertz CT molecular complexity index is 784. The number of nitrogens with zero attached hydrogens (tertiary/aromatic N) is 2. The molecule has 3 atom stereocenters. The van der Waals surface area contributed by atoms with Crippen LogP contribution in [-0.4, -0.2) is 72.3 Å². The van der Waals surface area contributed by atoms with Gasteiger partial charge in [-0.05, 0) is 44.4 Å². The molecule has 10 heteroatoms. The van der Waals surface area contributed by atoms with Crippen LogP contribution >= 0.6 is 0 Å². The minimum Gasteiger partial charge on any atom is -0.406 e. The molecule has 2 fully saturated rings. The van der Waals surface area contributed by atoms with E-state index >= 15 is 0 Å². The number of carbonyl (C=O) groups is 2. The van der Waals surface area contributed by atoms with Gasteiger partial charge in [0.25, 0.3) is 0 Å². The van der Waals surface area contributed by atoms with Gasteiger partial charge in [0.15, 0.2) is 0 Å². The summed E-state index contributed by atoms with van der Waals surface area (Å²) < 4.78 is 40.7. The van der Waals surface area contributed by atoms with Crippen molar-refractivity contribution >= 4 is 11.8 Å². The van der Waals surface area contributed by atoms with Gasteiger partial charge < -0.3 is 20.3 Å². The molecule has 2 saturated heterocycles. The molecule has 178 valence electrons. The lowest BCUT2D eigenvalue weighted by atomic mass is 10.0. The third kappa shape index (κ3) is 6.35. The van der Waals surface area contributed by atoms with Gasteiger partial charge in [0.2, 0.25) is 11.8 Å². The summed E-state index contributed by atoms with van der Waals surface area (Å²) in [6.07, 6.45) is -2.90. The van der Waals surface area contributed by atoms with Crippen LogP contribution in [0.25, 0.3) is 0 Å². The zero-order valence-corrected chi connectivity index (χ0v) is 18.5. The fourth-order valence-electron chi connectivity index (χ4n) is 4.49. The lowest BCUT2D eigenvalue weighted by Gasteiger charge is -2.37. The molecule has 0 bridgehead atoms. The minimum atomic E-state index is -4.71. The molecule has 1 aromatic rings. The molecular formula is C22H31F3N4O3. The van der Waals surface area contributed by atoms with Crippen LogP contribution in [-0.2, 0) is 16.1 Å². The number of halogens is 3. The Hall–Kier alpha value is -2.33. The molecule has 3 unspecified atom stereocenters. The van der Waals surface area contributed by atoms with Gasteiger partial charge in [-0.25, -0.2) is 0 Å². The first-order valence-corrected chi connectivity index (χ1v) is 11.1. The predicted octanol–water partition coefficient (Wildman–Crippen LogP) is 2.26. The molecule has 0 aromatic heterocycles. The number of nitrogens with one attached hydrogen (secondary N) is 2. The maximum absolute atomic E-state index is 12.4. The van der Waals surface area contributed by atoms with Crippen molar-refractivity contribution in [2.24, 2.45) is 0 Å². The second-order valence-electron chi connectivity index (χ2n) is 8.22. The molecular weight excluding hydrogens is 425 g/mol. The Kier molecular flexibility index (Phi) is 8.00. The van der Waals surface area contributed by atoms with E-state index in [0.29, 0.717) is 52.0 Å². The third-order valence-electron chi connectivity index (χ3n) is 6.18. The molecule has 0 aliphatic carbocycles. The predicted molar refractivity (Wildman–Crippen MR) is 113 cm³/mol. The Labute approximate surface area is 186 Å². The molecule has 2 N–H and O–H groups in total. The number of rotatable bonds is 9. The molecule has 2 amide bonds. The number of piperazine rings is 1. The molecule has 0 radical (unpaired) electrons. The summed E-state index contributed by atoms with van der Waals surface area (Å²) in [5.74, 6) is -0.109. The lowest BCUT2D eigenvalue weighted by Crippen LogP contribution is -2.58. The summed E-state index contributed by atoms with van der Waals surface area (Å²) in [6.45, 7) is 7.02. The van der Waals surface area contributed by atoms with E-state index in [1.165, 1.54) is 12.1 Å². The number of alkyl halides is 3. The highest BCUT2D eigenvalue weighted by Gasteiger charge is 2.43. The van der Waals surface area contributed by atoms with Gasteiger partial charge in [-0.15, -0.1) is 13.2 Å². The third-order valence-corrected chi connectivity index (χ3v) is 6.18. The highest BCUT2D eigenvalue weighted by molar-refractivity contribution is 5.83.